The van der Waals surface area contributed by atoms with Crippen LogP contribution in [0.5, 0.6) is 0 Å². The predicted molar refractivity (Wildman–Crippen MR) is 6.08 cm³/mol. The molecule has 0 unspecified atom stereocenters. The third-order valence-corrected chi connectivity index (χ3v) is 0. The van der Waals surface area contributed by atoms with Gasteiger partial charge in [-0.2, -0.15) is 0 Å². The van der Waals surface area contributed by atoms with Gasteiger partial charge in [-0.15, -0.1) is 0 Å². The average Bonchev–Trinajstić information content (AvgIpc) is 1.00. The Bertz CT molecular complexity index is 20.3. The molecule has 0 bridgehead atoms. The first-order valence-corrected chi connectivity index (χ1v) is 0.224. The van der Waals surface area contributed by atoms with Crippen LogP contribution in [0.2, 0.25) is 0 Å². The second kappa shape index (κ2) is 28.2. The topological polar surface area (TPSA) is 23.8 Å². The number of nitrogens with zero attached hydrogens (tertiary/aromatic N) is 1. The van der Waals surface area contributed by atoms with Crippen LogP contribution in [0.4, 0.5) is 0 Å². The van der Waals surface area contributed by atoms with Crippen LogP contribution in [-0.4, -0.2) is 0 Å². The van der Waals surface area contributed by atoms with Crippen LogP contribution >= 0.6 is 0 Å². The van der Waals surface area contributed by atoms with E-state index in [2.05, 4.69) is 0 Å². The molecule has 0 saturated carbocycles. The molecule has 0 aliphatic carbocycles. The fourth-order valence-corrected chi connectivity index (χ4v) is 0. The Labute approximate surface area is 118 Å². The van der Waals surface area contributed by atoms with Crippen LogP contribution in [0, 0.1) is 51.8 Å². The first-order valence-electron chi connectivity index (χ1n) is 0.224. The molecule has 0 rings (SSSR count). The zero-order valence-electron chi connectivity index (χ0n) is 3.65. The van der Waals surface area contributed by atoms with Gasteiger partial charge in [-0.1, -0.05) is 0 Å². The van der Waals surface area contributed by atoms with Gasteiger partial charge in [0.25, 0.3) is 0 Å². The Kier molecular flexibility index (Phi) is 138. The molecule has 0 aromatic carbocycles. The summed E-state index contributed by atoms with van der Waals surface area (Å²) in [5.74, 6) is 0. The fourth-order valence-electron chi connectivity index (χ4n) is 0. The molecule has 0 atom stereocenters. The first-order chi connectivity index (χ1) is 1.00. The second-order valence-electron chi connectivity index (χ2n) is 0. The van der Waals surface area contributed by atoms with Crippen molar-refractivity contribution in [3.8, 4) is 0 Å². The van der Waals surface area contributed by atoms with E-state index in [-0.39, 0.29) is 110 Å². The Morgan fingerprint density at radius 2 is 1.40 bits per heavy atom. The number of hydrogen-bond acceptors (Lipinski definition) is 1. The van der Waals surface area contributed by atoms with E-state index in [1.807, 2.05) is 0 Å². The van der Waals surface area contributed by atoms with E-state index < -0.39 is 0 Å². The van der Waals surface area contributed by atoms with Gasteiger partial charge in [-0.05, 0) is 0 Å². The van der Waals surface area contributed by atoms with Crippen molar-refractivity contribution in [1.82, 2.24) is 0 Å². The largest absolute Gasteiger partial charge is 1.00 e. The van der Waals surface area contributed by atoms with E-state index in [0.717, 1.165) is 0 Å². The third kappa shape index (κ3) is 19.5. The Morgan fingerprint density at radius 3 is 1.40 bits per heavy atom. The number of rotatable bonds is 0. The standard InChI is InChI=1S/CN.Fe.Gd.K.H/c1-2;;;;/q-1;;;+1;-1. The molecular weight excluding hydrogens is 278 g/mol. The molecule has 0 spiro atoms. The molecule has 0 aromatic rings. The summed E-state index contributed by atoms with van der Waals surface area (Å²) in [5, 5.41) is 6.25. The Hall–Kier alpha value is 2.97. The maximum atomic E-state index is 6.25. The minimum atomic E-state index is 0. The van der Waals surface area contributed by atoms with E-state index in [1.165, 1.54) is 0 Å². The normalized spacial score (nSPS) is 0.400. The molecule has 1 nitrogen and oxygen atoms in total. The zero-order valence-corrected chi connectivity index (χ0v) is 9.15. The summed E-state index contributed by atoms with van der Waals surface area (Å²) in [5.41, 5.74) is 0. The smallest absolute Gasteiger partial charge is 1.00 e. The second-order valence-corrected chi connectivity index (χ2v) is 0. The van der Waals surface area contributed by atoms with Crippen LogP contribution in [0.25, 0.3) is 0 Å². The maximum absolute atomic E-state index is 6.25. The molecular formula is CHFeGdKN-. The summed E-state index contributed by atoms with van der Waals surface area (Å²) in [6.07, 6.45) is 0. The first kappa shape index (κ1) is 24.6. The van der Waals surface area contributed by atoms with E-state index in [9.17, 15) is 0 Å². The van der Waals surface area contributed by atoms with Gasteiger partial charge in [-0.25, -0.2) is 0 Å². The van der Waals surface area contributed by atoms with Gasteiger partial charge in [0, 0.05) is 57.0 Å². The minimum absolute atomic E-state index is 0. The van der Waals surface area contributed by atoms with Crippen molar-refractivity contribution < 1.29 is 110 Å². The van der Waals surface area contributed by atoms with Crippen LogP contribution < -0.4 is 51.4 Å². The van der Waals surface area contributed by atoms with Crippen molar-refractivity contribution in [1.29, 1.82) is 5.26 Å². The monoisotopic (exact) mass is 280 g/mol. The average molecular weight is 279 g/mol. The van der Waals surface area contributed by atoms with E-state index in [1.54, 1.807) is 0 Å². The molecule has 0 radical (unpaired) electrons. The molecule has 0 aromatic heterocycles. The van der Waals surface area contributed by atoms with Crippen LogP contribution in [0.3, 0.4) is 0 Å². The molecule has 0 N–H and O–H groups in total. The molecule has 0 heterocycles. The van der Waals surface area contributed by atoms with Crippen LogP contribution in [0.15, 0.2) is 0 Å². The van der Waals surface area contributed by atoms with Gasteiger partial charge in [0.15, 0.2) is 0 Å². The van der Waals surface area contributed by atoms with Crippen LogP contribution in [-0.2, 0) is 17.1 Å². The molecule has 0 aliphatic rings. The minimum Gasteiger partial charge on any atom is -1.00 e. The van der Waals surface area contributed by atoms with Gasteiger partial charge in [0.05, 0.1) is 0 Å². The molecule has 0 saturated heterocycles. The van der Waals surface area contributed by atoms with Gasteiger partial charge < -0.3 is 13.3 Å². The van der Waals surface area contributed by atoms with E-state index in [4.69, 9.17) is 11.8 Å². The van der Waals surface area contributed by atoms with Gasteiger partial charge >= 0.3 is 51.4 Å². The summed E-state index contributed by atoms with van der Waals surface area (Å²) in [7, 11) is 0. The van der Waals surface area contributed by atoms with Crippen molar-refractivity contribution in [2.24, 2.45) is 0 Å². The van der Waals surface area contributed by atoms with E-state index in [0.29, 0.717) is 0 Å². The summed E-state index contributed by atoms with van der Waals surface area (Å²) >= 11 is 0. The third-order valence-electron chi connectivity index (χ3n) is 0. The molecule has 0 amide bonds. The molecule has 5 heavy (non-hydrogen) atoms. The van der Waals surface area contributed by atoms with Crippen molar-refractivity contribution in [3.05, 3.63) is 6.57 Å². The predicted octanol–water partition coefficient (Wildman–Crippen LogP) is -2.79. The SMILES string of the molecule is [C-]#N.[Fe].[Gd].[H-].[K+]. The maximum Gasteiger partial charge on any atom is 1.00 e. The molecule has 0 aliphatic heterocycles. The van der Waals surface area contributed by atoms with Crippen molar-refractivity contribution in [3.63, 3.8) is 0 Å². The van der Waals surface area contributed by atoms with Crippen LogP contribution in [0.1, 0.15) is 1.43 Å². The van der Waals surface area contributed by atoms with Crippen molar-refractivity contribution >= 4 is 0 Å². The van der Waals surface area contributed by atoms with Crippen molar-refractivity contribution in [2.45, 2.75) is 0 Å². The number of hydrogen-bond donors (Lipinski definition) is 0. The van der Waals surface area contributed by atoms with E-state index >= 15 is 0 Å². The summed E-state index contributed by atoms with van der Waals surface area (Å²) in [4.78, 5) is 0. The summed E-state index contributed by atoms with van der Waals surface area (Å²) in [6.45, 7) is 4.75. The fraction of sp³-hybridized carbons (Fsp3) is 0. The van der Waals surface area contributed by atoms with Gasteiger partial charge in [0.1, 0.15) is 0 Å². The zero-order chi connectivity index (χ0) is 2.00. The summed E-state index contributed by atoms with van der Waals surface area (Å²) < 4.78 is 0. The molecule has 0 fully saturated rings. The Balaban J connectivity index is -0.000000000833. The van der Waals surface area contributed by atoms with Crippen molar-refractivity contribution in [2.75, 3.05) is 0 Å². The summed E-state index contributed by atoms with van der Waals surface area (Å²) in [6, 6.07) is 0. The quantitative estimate of drug-likeness (QED) is 0.347. The molecule has 28 valence electrons. The van der Waals surface area contributed by atoms with Gasteiger partial charge in [0.2, 0.25) is 0 Å². The Morgan fingerprint density at radius 1 is 1.40 bits per heavy atom. The van der Waals surface area contributed by atoms with Gasteiger partial charge in [-0.3, -0.25) is 0 Å². The molecule has 4 heteroatoms.